The average molecular weight is 642 g/mol. The van der Waals surface area contributed by atoms with Crippen LogP contribution in [0.3, 0.4) is 0 Å². The van der Waals surface area contributed by atoms with Crippen molar-refractivity contribution in [2.75, 3.05) is 4.90 Å². The van der Waals surface area contributed by atoms with Crippen LogP contribution in [0.5, 0.6) is 0 Å². The zero-order valence-electron chi connectivity index (χ0n) is 27.1. The molecule has 7 aromatic carbocycles. The van der Waals surface area contributed by atoms with Crippen LogP contribution < -0.4 is 4.90 Å². The highest BCUT2D eigenvalue weighted by molar-refractivity contribution is 6.12. The molecule has 0 fully saturated rings. The summed E-state index contributed by atoms with van der Waals surface area (Å²) in [7, 11) is 0. The van der Waals surface area contributed by atoms with Crippen molar-refractivity contribution >= 4 is 38.9 Å². The molecule has 0 radical (unpaired) electrons. The lowest BCUT2D eigenvalue weighted by Gasteiger charge is -2.28. The summed E-state index contributed by atoms with van der Waals surface area (Å²) in [6.45, 7) is 0. The molecule has 236 valence electrons. The summed E-state index contributed by atoms with van der Waals surface area (Å²) in [6, 6.07) is 65.0. The molecule has 0 aliphatic heterocycles. The number of para-hydroxylation sites is 4. The monoisotopic (exact) mass is 641 g/mol. The van der Waals surface area contributed by atoms with E-state index in [-0.39, 0.29) is 0 Å². The molecule has 2 aromatic heterocycles. The molecular weight excluding hydrogens is 611 g/mol. The second kappa shape index (κ2) is 12.6. The molecule has 0 amide bonds. The molecule has 5 nitrogen and oxygen atoms in total. The summed E-state index contributed by atoms with van der Waals surface area (Å²) in [4.78, 5) is 17.8. The third-order valence-corrected chi connectivity index (χ3v) is 9.01. The van der Waals surface area contributed by atoms with E-state index in [1.54, 1.807) is 0 Å². The van der Waals surface area contributed by atoms with Crippen LogP contribution in [-0.4, -0.2) is 19.5 Å². The van der Waals surface area contributed by atoms with Crippen molar-refractivity contribution in [2.45, 2.75) is 0 Å². The summed E-state index contributed by atoms with van der Waals surface area (Å²) in [5.41, 5.74) is 9.10. The molecule has 50 heavy (non-hydrogen) atoms. The van der Waals surface area contributed by atoms with E-state index in [4.69, 9.17) is 15.0 Å². The van der Waals surface area contributed by atoms with Crippen LogP contribution in [0.25, 0.3) is 61.7 Å². The van der Waals surface area contributed by atoms with Gasteiger partial charge in [0.15, 0.2) is 17.5 Å². The first-order valence-corrected chi connectivity index (χ1v) is 16.7. The molecule has 0 bridgehead atoms. The number of hydrogen-bond donors (Lipinski definition) is 0. The first kappa shape index (κ1) is 29.3. The van der Waals surface area contributed by atoms with Crippen molar-refractivity contribution in [1.82, 2.24) is 19.5 Å². The lowest BCUT2D eigenvalue weighted by Crippen LogP contribution is -2.12. The normalized spacial score (nSPS) is 11.2. The second-order valence-electron chi connectivity index (χ2n) is 12.1. The predicted molar refractivity (Wildman–Crippen MR) is 205 cm³/mol. The van der Waals surface area contributed by atoms with Gasteiger partial charge in [-0.2, -0.15) is 0 Å². The highest BCUT2D eigenvalue weighted by Crippen LogP contribution is 2.45. The van der Waals surface area contributed by atoms with Crippen LogP contribution in [0.2, 0.25) is 0 Å². The van der Waals surface area contributed by atoms with E-state index in [0.717, 1.165) is 61.2 Å². The van der Waals surface area contributed by atoms with Crippen LogP contribution in [0.15, 0.2) is 188 Å². The number of rotatable bonds is 7. The number of hydrogen-bond acceptors (Lipinski definition) is 4. The van der Waals surface area contributed by atoms with Crippen molar-refractivity contribution < 1.29 is 0 Å². The van der Waals surface area contributed by atoms with E-state index in [1.807, 2.05) is 72.8 Å². The largest absolute Gasteiger partial charge is 0.310 e. The summed E-state index contributed by atoms with van der Waals surface area (Å²) in [5, 5.41) is 2.28. The highest BCUT2D eigenvalue weighted by Gasteiger charge is 2.24. The summed E-state index contributed by atoms with van der Waals surface area (Å²) >= 11 is 0. The Hall–Kier alpha value is -6.85. The molecule has 5 heteroatoms. The van der Waals surface area contributed by atoms with Gasteiger partial charge in [0.2, 0.25) is 0 Å². The molecule has 0 saturated carbocycles. The van der Waals surface area contributed by atoms with Gasteiger partial charge in [0.25, 0.3) is 0 Å². The maximum absolute atomic E-state index is 5.23. The Balaban J connectivity index is 1.41. The Labute approximate surface area is 290 Å². The number of aromatic nitrogens is 4. The SMILES string of the molecule is c1ccc(-c2nc(-c3ccccc3)nc(-c3cc4c5ccccc5n(-c5ccccc5)c4cc3N(c3ccccc3)c3ccccc3)n2)cc1. The van der Waals surface area contributed by atoms with Crippen LogP contribution in [0.1, 0.15) is 0 Å². The van der Waals surface area contributed by atoms with Gasteiger partial charge in [0, 0.05) is 44.5 Å². The van der Waals surface area contributed by atoms with Gasteiger partial charge < -0.3 is 9.47 Å². The van der Waals surface area contributed by atoms with Gasteiger partial charge in [-0.3, -0.25) is 0 Å². The van der Waals surface area contributed by atoms with Gasteiger partial charge >= 0.3 is 0 Å². The molecule has 9 rings (SSSR count). The molecule has 2 heterocycles. The minimum atomic E-state index is 0.600. The van der Waals surface area contributed by atoms with Crippen LogP contribution >= 0.6 is 0 Å². The molecule has 0 unspecified atom stereocenters. The molecule has 0 saturated heterocycles. The van der Waals surface area contributed by atoms with Crippen LogP contribution in [-0.2, 0) is 0 Å². The first-order valence-electron chi connectivity index (χ1n) is 16.7. The summed E-state index contributed by atoms with van der Waals surface area (Å²) in [6.07, 6.45) is 0. The fourth-order valence-corrected chi connectivity index (χ4v) is 6.73. The summed E-state index contributed by atoms with van der Waals surface area (Å²) < 4.78 is 2.35. The highest BCUT2D eigenvalue weighted by atomic mass is 15.2. The molecule has 0 N–H and O–H groups in total. The lowest BCUT2D eigenvalue weighted by molar-refractivity contribution is 1.07. The average Bonchev–Trinajstić information content (AvgIpc) is 3.52. The lowest BCUT2D eigenvalue weighted by atomic mass is 10.0. The Morgan fingerprint density at radius 3 is 1.40 bits per heavy atom. The van der Waals surface area contributed by atoms with Gasteiger partial charge in [0.05, 0.1) is 16.7 Å². The number of fused-ring (bicyclic) bond motifs is 3. The van der Waals surface area contributed by atoms with Gasteiger partial charge in [0.1, 0.15) is 0 Å². The molecule has 0 aliphatic rings. The minimum Gasteiger partial charge on any atom is -0.310 e. The maximum atomic E-state index is 5.23. The predicted octanol–water partition coefficient (Wildman–Crippen LogP) is 11.4. The number of benzene rings is 7. The second-order valence-corrected chi connectivity index (χ2v) is 12.1. The molecule has 0 aliphatic carbocycles. The number of anilines is 3. The van der Waals surface area contributed by atoms with Crippen molar-refractivity contribution in [3.8, 4) is 39.9 Å². The topological polar surface area (TPSA) is 46.8 Å². The standard InChI is InChI=1S/C45H31N5/c1-6-18-32(19-7-1)43-46-44(33-20-8-2-9-21-33)48-45(47-43)39-30-38-37-28-16-17-29-40(37)50(36-26-14-5-15-27-36)41(38)31-42(39)49(34-22-10-3-11-23-34)35-24-12-4-13-25-35/h1-31H. The van der Waals surface area contributed by atoms with Gasteiger partial charge in [-0.25, -0.2) is 15.0 Å². The molecular formula is C45H31N5. The van der Waals surface area contributed by atoms with Crippen molar-refractivity contribution in [2.24, 2.45) is 0 Å². The third kappa shape index (κ3) is 5.27. The van der Waals surface area contributed by atoms with Gasteiger partial charge in [-0.05, 0) is 54.6 Å². The molecule has 9 aromatic rings. The Bertz CT molecular complexity index is 2470. The first-order chi connectivity index (χ1) is 24.8. The van der Waals surface area contributed by atoms with E-state index in [1.165, 1.54) is 0 Å². The van der Waals surface area contributed by atoms with Gasteiger partial charge in [-0.15, -0.1) is 0 Å². The van der Waals surface area contributed by atoms with Crippen LogP contribution in [0.4, 0.5) is 17.1 Å². The van der Waals surface area contributed by atoms with E-state index < -0.39 is 0 Å². The number of nitrogens with zero attached hydrogens (tertiary/aromatic N) is 5. The fourth-order valence-electron chi connectivity index (χ4n) is 6.73. The van der Waals surface area contributed by atoms with Crippen molar-refractivity contribution in [3.05, 3.63) is 188 Å². The van der Waals surface area contributed by atoms with Crippen molar-refractivity contribution in [1.29, 1.82) is 0 Å². The van der Waals surface area contributed by atoms with Crippen LogP contribution in [0, 0.1) is 0 Å². The quantitative estimate of drug-likeness (QED) is 0.174. The zero-order chi connectivity index (χ0) is 33.3. The Kier molecular flexibility index (Phi) is 7.41. The Morgan fingerprint density at radius 1 is 0.380 bits per heavy atom. The summed E-state index contributed by atoms with van der Waals surface area (Å²) in [5.74, 6) is 1.85. The van der Waals surface area contributed by atoms with E-state index in [2.05, 4.69) is 125 Å². The van der Waals surface area contributed by atoms with E-state index >= 15 is 0 Å². The third-order valence-electron chi connectivity index (χ3n) is 9.01. The maximum Gasteiger partial charge on any atom is 0.166 e. The van der Waals surface area contributed by atoms with E-state index in [9.17, 15) is 0 Å². The van der Waals surface area contributed by atoms with Gasteiger partial charge in [-0.1, -0.05) is 133 Å². The molecule has 0 spiro atoms. The van der Waals surface area contributed by atoms with Crippen molar-refractivity contribution in [3.63, 3.8) is 0 Å². The molecule has 0 atom stereocenters. The zero-order valence-corrected chi connectivity index (χ0v) is 27.1. The van der Waals surface area contributed by atoms with E-state index in [0.29, 0.717) is 17.5 Å². The minimum absolute atomic E-state index is 0.600. The fraction of sp³-hybridized carbons (Fsp3) is 0. The Morgan fingerprint density at radius 2 is 0.840 bits per heavy atom. The smallest absolute Gasteiger partial charge is 0.166 e.